The van der Waals surface area contributed by atoms with Crippen molar-refractivity contribution < 1.29 is 24.2 Å². The van der Waals surface area contributed by atoms with Gasteiger partial charge in [0.15, 0.2) is 0 Å². The molecule has 1 heterocycles. The number of aliphatic hydroxyl groups is 1. The van der Waals surface area contributed by atoms with Gasteiger partial charge in [-0.3, -0.25) is 14.5 Å². The van der Waals surface area contributed by atoms with Gasteiger partial charge < -0.3 is 14.6 Å². The molecule has 3 aromatic rings. The summed E-state index contributed by atoms with van der Waals surface area (Å²) in [6.45, 7) is 3.69. The number of ketones is 1. The molecule has 1 fully saturated rings. The molecule has 0 aliphatic carbocycles. The van der Waals surface area contributed by atoms with Crippen molar-refractivity contribution in [3.63, 3.8) is 0 Å². The fourth-order valence-electron chi connectivity index (χ4n) is 4.22. The molecule has 33 heavy (non-hydrogen) atoms. The molecule has 1 saturated heterocycles. The molecule has 168 valence electrons. The summed E-state index contributed by atoms with van der Waals surface area (Å²) in [6.07, 6.45) is 0. The van der Waals surface area contributed by atoms with Gasteiger partial charge in [-0.1, -0.05) is 36.4 Å². The van der Waals surface area contributed by atoms with Gasteiger partial charge in [-0.25, -0.2) is 0 Å². The first kappa shape index (κ1) is 22.1. The van der Waals surface area contributed by atoms with Crippen molar-refractivity contribution in [3.8, 4) is 11.5 Å². The Morgan fingerprint density at radius 1 is 0.879 bits per heavy atom. The van der Waals surface area contributed by atoms with Crippen LogP contribution in [0.3, 0.4) is 0 Å². The Morgan fingerprint density at radius 2 is 1.61 bits per heavy atom. The number of ether oxygens (including phenoxy) is 2. The number of nitrogens with zero attached hydrogens (tertiary/aromatic N) is 1. The van der Waals surface area contributed by atoms with Crippen LogP contribution in [0.5, 0.6) is 11.5 Å². The maximum absolute atomic E-state index is 13.3. The Bertz CT molecular complexity index is 1260. The van der Waals surface area contributed by atoms with Crippen LogP contribution in [-0.4, -0.2) is 31.0 Å². The van der Waals surface area contributed by atoms with Crippen LogP contribution in [0.15, 0.2) is 72.3 Å². The number of carbonyl (C=O) groups is 2. The maximum atomic E-state index is 13.3. The summed E-state index contributed by atoms with van der Waals surface area (Å²) in [7, 11) is 3.12. The zero-order valence-corrected chi connectivity index (χ0v) is 19.0. The lowest BCUT2D eigenvalue weighted by atomic mass is 9.93. The third-order valence-electron chi connectivity index (χ3n) is 5.89. The molecule has 1 aliphatic rings. The van der Waals surface area contributed by atoms with Gasteiger partial charge in [0.25, 0.3) is 11.7 Å². The largest absolute Gasteiger partial charge is 0.507 e. The highest BCUT2D eigenvalue weighted by molar-refractivity contribution is 6.51. The van der Waals surface area contributed by atoms with Crippen molar-refractivity contribution in [2.45, 2.75) is 19.9 Å². The lowest BCUT2D eigenvalue weighted by molar-refractivity contribution is -0.132. The highest BCUT2D eigenvalue weighted by Crippen LogP contribution is 2.43. The average Bonchev–Trinajstić information content (AvgIpc) is 3.10. The maximum Gasteiger partial charge on any atom is 0.300 e. The highest BCUT2D eigenvalue weighted by atomic mass is 16.5. The smallest absolute Gasteiger partial charge is 0.300 e. The fourth-order valence-corrected chi connectivity index (χ4v) is 4.22. The Morgan fingerprint density at radius 3 is 2.27 bits per heavy atom. The van der Waals surface area contributed by atoms with E-state index in [-0.39, 0.29) is 11.3 Å². The molecule has 1 atom stereocenters. The third kappa shape index (κ3) is 3.84. The number of hydrogen-bond acceptors (Lipinski definition) is 5. The molecule has 0 saturated carbocycles. The van der Waals surface area contributed by atoms with E-state index in [9.17, 15) is 14.7 Å². The molecule has 3 aromatic carbocycles. The van der Waals surface area contributed by atoms with E-state index in [0.717, 1.165) is 11.1 Å². The van der Waals surface area contributed by atoms with Crippen LogP contribution >= 0.6 is 0 Å². The van der Waals surface area contributed by atoms with Crippen molar-refractivity contribution in [3.05, 3.63) is 94.6 Å². The number of amides is 1. The molecule has 6 nitrogen and oxygen atoms in total. The second-order valence-corrected chi connectivity index (χ2v) is 7.92. The lowest BCUT2D eigenvalue weighted by Gasteiger charge is -2.26. The zero-order chi connectivity index (χ0) is 23.7. The molecular formula is C27H25NO5. The van der Waals surface area contributed by atoms with Crippen molar-refractivity contribution >= 4 is 23.1 Å². The lowest BCUT2D eigenvalue weighted by Crippen LogP contribution is -2.29. The molecular weight excluding hydrogens is 418 g/mol. The van der Waals surface area contributed by atoms with Crippen LogP contribution in [0.1, 0.15) is 28.3 Å². The predicted octanol–water partition coefficient (Wildman–Crippen LogP) is 4.95. The molecule has 0 aromatic heterocycles. The minimum atomic E-state index is -0.792. The minimum absolute atomic E-state index is 0.0432. The first-order valence-electron chi connectivity index (χ1n) is 10.5. The van der Waals surface area contributed by atoms with Gasteiger partial charge >= 0.3 is 0 Å². The number of carbonyl (C=O) groups excluding carboxylic acids is 2. The fraction of sp³-hybridized carbons (Fsp3) is 0.185. The van der Waals surface area contributed by atoms with Crippen molar-refractivity contribution in [2.24, 2.45) is 0 Å². The average molecular weight is 443 g/mol. The van der Waals surface area contributed by atoms with Gasteiger partial charge in [0, 0.05) is 17.3 Å². The summed E-state index contributed by atoms with van der Waals surface area (Å²) in [5.41, 5.74) is 3.28. The van der Waals surface area contributed by atoms with Crippen molar-refractivity contribution in [1.29, 1.82) is 0 Å². The summed E-state index contributed by atoms with van der Waals surface area (Å²) in [6, 6.07) is 19.0. The number of aryl methyl sites for hydroxylation is 2. The number of benzene rings is 3. The van der Waals surface area contributed by atoms with Crippen LogP contribution in [0.2, 0.25) is 0 Å². The SMILES string of the molecule is COc1cccc(N2C(=O)C(=O)/C(=C(/O)c3cc(C)c(OC)cc3C)C2c2ccccc2)c1. The number of methoxy groups -OCH3 is 2. The van der Waals surface area contributed by atoms with Crippen LogP contribution in [0.25, 0.3) is 5.76 Å². The summed E-state index contributed by atoms with van der Waals surface area (Å²) >= 11 is 0. The molecule has 0 bridgehead atoms. The predicted molar refractivity (Wildman–Crippen MR) is 127 cm³/mol. The molecule has 1 unspecified atom stereocenters. The van der Waals surface area contributed by atoms with Crippen molar-refractivity contribution in [1.82, 2.24) is 0 Å². The van der Waals surface area contributed by atoms with Crippen LogP contribution in [0.4, 0.5) is 5.69 Å². The molecule has 0 spiro atoms. The Hall–Kier alpha value is -4.06. The normalized spacial score (nSPS) is 17.3. The standard InChI is InChI=1S/C27H25NO5/c1-16-14-22(33-4)17(2)13-21(16)25(29)23-24(18-9-6-5-7-10-18)28(27(31)26(23)30)19-11-8-12-20(15-19)32-3/h5-15,24,29H,1-4H3/b25-23+. The van der Waals surface area contributed by atoms with E-state index in [2.05, 4.69) is 0 Å². The van der Waals surface area contributed by atoms with Gasteiger partial charge in [0.2, 0.25) is 0 Å². The van der Waals surface area contributed by atoms with Crippen LogP contribution < -0.4 is 14.4 Å². The molecule has 1 aliphatic heterocycles. The Labute approximate surface area is 192 Å². The first-order valence-corrected chi connectivity index (χ1v) is 10.5. The summed E-state index contributed by atoms with van der Waals surface area (Å²) in [4.78, 5) is 28.0. The Balaban J connectivity index is 1.96. The van der Waals surface area contributed by atoms with Crippen molar-refractivity contribution in [2.75, 3.05) is 19.1 Å². The summed E-state index contributed by atoms with van der Waals surface area (Å²) in [5, 5.41) is 11.4. The van der Waals surface area contributed by atoms with E-state index in [1.807, 2.05) is 44.2 Å². The van der Waals surface area contributed by atoms with Gasteiger partial charge in [0.1, 0.15) is 17.3 Å². The highest BCUT2D eigenvalue weighted by Gasteiger charge is 2.47. The molecule has 0 radical (unpaired) electrons. The van der Waals surface area contributed by atoms with Gasteiger partial charge in [-0.2, -0.15) is 0 Å². The monoisotopic (exact) mass is 443 g/mol. The zero-order valence-electron chi connectivity index (χ0n) is 19.0. The molecule has 6 heteroatoms. The molecule has 4 rings (SSSR count). The number of rotatable bonds is 5. The van der Waals surface area contributed by atoms with Gasteiger partial charge in [0.05, 0.1) is 25.8 Å². The topological polar surface area (TPSA) is 76.1 Å². The van der Waals surface area contributed by atoms with E-state index in [1.165, 1.54) is 12.0 Å². The number of aliphatic hydroxyl groups excluding tert-OH is 1. The third-order valence-corrected chi connectivity index (χ3v) is 5.89. The van der Waals surface area contributed by atoms with E-state index in [4.69, 9.17) is 9.47 Å². The van der Waals surface area contributed by atoms with Gasteiger partial charge in [-0.05, 0) is 54.8 Å². The minimum Gasteiger partial charge on any atom is -0.507 e. The van der Waals surface area contributed by atoms with E-state index >= 15 is 0 Å². The van der Waals surface area contributed by atoms with Gasteiger partial charge in [-0.15, -0.1) is 0 Å². The van der Waals surface area contributed by atoms with E-state index in [1.54, 1.807) is 43.5 Å². The molecule has 1 amide bonds. The van der Waals surface area contributed by atoms with E-state index in [0.29, 0.717) is 28.3 Å². The quantitative estimate of drug-likeness (QED) is 0.343. The Kier molecular flexibility index (Phi) is 5.92. The van der Waals surface area contributed by atoms with E-state index < -0.39 is 17.7 Å². The summed E-state index contributed by atoms with van der Waals surface area (Å²) in [5.74, 6) is -0.419. The first-order chi connectivity index (χ1) is 15.9. The summed E-state index contributed by atoms with van der Waals surface area (Å²) < 4.78 is 10.7. The molecule has 1 N–H and O–H groups in total. The second-order valence-electron chi connectivity index (χ2n) is 7.92. The second kappa shape index (κ2) is 8.82. The number of Topliss-reactive ketones (excluding diaryl/α,β-unsaturated/α-hetero) is 1. The van der Waals surface area contributed by atoms with Crippen LogP contribution in [0, 0.1) is 13.8 Å². The van der Waals surface area contributed by atoms with Crippen LogP contribution in [-0.2, 0) is 9.59 Å². The number of hydrogen-bond donors (Lipinski definition) is 1. The number of anilines is 1.